The van der Waals surface area contributed by atoms with E-state index in [0.29, 0.717) is 11.3 Å². The molecule has 164 valence electrons. The number of hydrogen-bond acceptors (Lipinski definition) is 9. The summed E-state index contributed by atoms with van der Waals surface area (Å²) in [6.45, 7) is -0.626. The normalized spacial score (nSPS) is 26.2. The summed E-state index contributed by atoms with van der Waals surface area (Å²) in [6, 6.07) is 9.46. The monoisotopic (exact) mass is 430 g/mol. The molecule has 0 aliphatic carbocycles. The third kappa shape index (κ3) is 3.56. The van der Waals surface area contributed by atoms with E-state index in [1.807, 2.05) is 0 Å². The van der Waals surface area contributed by atoms with Crippen LogP contribution in [0, 0.1) is 0 Å². The molecule has 31 heavy (non-hydrogen) atoms. The molecule has 3 aromatic rings. The van der Waals surface area contributed by atoms with Crippen LogP contribution in [0.2, 0.25) is 0 Å². The number of ether oxygens (including phenoxy) is 2. The van der Waals surface area contributed by atoms with Crippen LogP contribution in [0.1, 0.15) is 11.7 Å². The van der Waals surface area contributed by atoms with Crippen LogP contribution in [0.15, 0.2) is 51.9 Å². The largest absolute Gasteiger partial charge is 0.507 e. The van der Waals surface area contributed by atoms with Crippen molar-refractivity contribution in [1.82, 2.24) is 0 Å². The van der Waals surface area contributed by atoms with Gasteiger partial charge in [-0.1, -0.05) is 12.1 Å². The Morgan fingerprint density at radius 2 is 1.71 bits per heavy atom. The third-order valence-electron chi connectivity index (χ3n) is 5.53. The predicted octanol–water partition coefficient (Wildman–Crippen LogP) is 0.689. The fourth-order valence-electron chi connectivity index (χ4n) is 3.80. The van der Waals surface area contributed by atoms with Crippen LogP contribution in [0.3, 0.4) is 0 Å². The van der Waals surface area contributed by atoms with Gasteiger partial charge < -0.3 is 39.4 Å². The fourth-order valence-corrected chi connectivity index (χ4v) is 3.80. The van der Waals surface area contributed by atoms with Crippen LogP contribution in [0.5, 0.6) is 11.5 Å². The maximum Gasteiger partial charge on any atom is 0.200 e. The molecule has 2 aromatic carbocycles. The van der Waals surface area contributed by atoms with Crippen molar-refractivity contribution in [3.8, 4) is 22.6 Å². The molecular formula is C22H22O9. The number of methoxy groups -OCH3 is 1. The summed E-state index contributed by atoms with van der Waals surface area (Å²) in [6.07, 6.45) is -6.13. The first kappa shape index (κ1) is 21.3. The molecule has 0 amide bonds. The lowest BCUT2D eigenvalue weighted by atomic mass is 9.89. The first-order valence-corrected chi connectivity index (χ1v) is 9.59. The van der Waals surface area contributed by atoms with Gasteiger partial charge in [0.15, 0.2) is 0 Å². The van der Waals surface area contributed by atoms with Crippen molar-refractivity contribution in [2.75, 3.05) is 13.7 Å². The van der Waals surface area contributed by atoms with Crippen molar-refractivity contribution in [1.29, 1.82) is 0 Å². The molecule has 0 radical (unpaired) electrons. The van der Waals surface area contributed by atoms with E-state index in [9.17, 15) is 30.3 Å². The molecule has 1 fully saturated rings. The Morgan fingerprint density at radius 1 is 1.00 bits per heavy atom. The standard InChI is InChI=1S/C22H22O9/c1-29-11-4-2-10(3-5-11)13-9-30-21-12(17(13)25)6-7-14(24)16(21)22-20(28)19(27)18(26)15(8-23)31-22/h2-7,9,15,18-20,22-24,26-28H,8H2,1H3. The predicted molar refractivity (Wildman–Crippen MR) is 109 cm³/mol. The van der Waals surface area contributed by atoms with E-state index >= 15 is 0 Å². The highest BCUT2D eigenvalue weighted by Gasteiger charge is 2.45. The maximum atomic E-state index is 13.1. The van der Waals surface area contributed by atoms with Crippen LogP contribution in [-0.2, 0) is 4.74 Å². The van der Waals surface area contributed by atoms with Gasteiger partial charge in [0.25, 0.3) is 0 Å². The van der Waals surface area contributed by atoms with E-state index in [0.717, 1.165) is 0 Å². The highest BCUT2D eigenvalue weighted by atomic mass is 16.5. The lowest BCUT2D eigenvalue weighted by molar-refractivity contribution is -0.231. The van der Waals surface area contributed by atoms with Gasteiger partial charge in [-0.05, 0) is 29.8 Å². The maximum absolute atomic E-state index is 13.1. The zero-order valence-electron chi connectivity index (χ0n) is 16.5. The summed E-state index contributed by atoms with van der Waals surface area (Å²) in [4.78, 5) is 13.1. The molecule has 0 bridgehead atoms. The Bertz CT molecular complexity index is 1140. The number of aliphatic hydroxyl groups is 4. The average molecular weight is 430 g/mol. The minimum absolute atomic E-state index is 0.0356. The summed E-state index contributed by atoms with van der Waals surface area (Å²) >= 11 is 0. The van der Waals surface area contributed by atoms with Gasteiger partial charge in [0.2, 0.25) is 5.43 Å². The van der Waals surface area contributed by atoms with E-state index in [1.54, 1.807) is 24.3 Å². The molecule has 9 heteroatoms. The van der Waals surface area contributed by atoms with Crippen molar-refractivity contribution in [2.24, 2.45) is 0 Å². The topological polar surface area (TPSA) is 150 Å². The number of fused-ring (bicyclic) bond motifs is 1. The van der Waals surface area contributed by atoms with Crippen molar-refractivity contribution in [3.63, 3.8) is 0 Å². The van der Waals surface area contributed by atoms with Crippen molar-refractivity contribution >= 4 is 11.0 Å². The first-order valence-electron chi connectivity index (χ1n) is 9.59. The Balaban J connectivity index is 1.84. The Morgan fingerprint density at radius 3 is 2.35 bits per heavy atom. The van der Waals surface area contributed by atoms with Crippen LogP contribution in [0.4, 0.5) is 0 Å². The molecule has 1 aromatic heterocycles. The fraction of sp³-hybridized carbons (Fsp3) is 0.318. The smallest absolute Gasteiger partial charge is 0.200 e. The number of phenols is 1. The van der Waals surface area contributed by atoms with E-state index in [1.165, 1.54) is 25.5 Å². The van der Waals surface area contributed by atoms with E-state index in [2.05, 4.69) is 0 Å². The Hall–Kier alpha value is -2.95. The first-order chi connectivity index (χ1) is 14.9. The number of aliphatic hydroxyl groups excluding tert-OH is 4. The number of benzene rings is 2. The van der Waals surface area contributed by atoms with Crippen LogP contribution in [-0.4, -0.2) is 63.7 Å². The van der Waals surface area contributed by atoms with Gasteiger partial charge in [-0.25, -0.2) is 0 Å². The summed E-state index contributed by atoms with van der Waals surface area (Å²) < 4.78 is 16.4. The van der Waals surface area contributed by atoms with Crippen LogP contribution >= 0.6 is 0 Å². The van der Waals surface area contributed by atoms with E-state index in [-0.39, 0.29) is 33.3 Å². The van der Waals surface area contributed by atoms with Gasteiger partial charge in [0.05, 0.1) is 30.2 Å². The van der Waals surface area contributed by atoms with E-state index < -0.39 is 37.1 Å². The zero-order valence-corrected chi connectivity index (χ0v) is 16.5. The molecule has 5 N–H and O–H groups in total. The quantitative estimate of drug-likeness (QED) is 0.403. The van der Waals surface area contributed by atoms with Gasteiger partial charge in [-0.2, -0.15) is 0 Å². The van der Waals surface area contributed by atoms with E-state index in [4.69, 9.17) is 13.9 Å². The molecule has 1 aliphatic heterocycles. The second-order valence-corrected chi connectivity index (χ2v) is 7.33. The van der Waals surface area contributed by atoms with Gasteiger partial charge in [-0.3, -0.25) is 4.79 Å². The second-order valence-electron chi connectivity index (χ2n) is 7.33. The summed E-state index contributed by atoms with van der Waals surface area (Å²) in [5.41, 5.74) is 0.399. The number of aromatic hydroxyl groups is 1. The molecule has 9 nitrogen and oxygen atoms in total. The van der Waals surface area contributed by atoms with Crippen molar-refractivity contribution in [3.05, 3.63) is 58.4 Å². The number of hydrogen-bond donors (Lipinski definition) is 5. The molecule has 1 aliphatic rings. The minimum atomic E-state index is -1.64. The Labute approximate surface area is 176 Å². The molecule has 0 spiro atoms. The minimum Gasteiger partial charge on any atom is -0.507 e. The molecule has 4 rings (SSSR count). The number of phenolic OH excluding ortho intramolecular Hbond substituents is 1. The zero-order chi connectivity index (χ0) is 22.3. The van der Waals surface area contributed by atoms with Gasteiger partial charge in [0.1, 0.15) is 53.9 Å². The lowest BCUT2D eigenvalue weighted by Gasteiger charge is -2.40. The third-order valence-corrected chi connectivity index (χ3v) is 5.53. The van der Waals surface area contributed by atoms with Gasteiger partial charge >= 0.3 is 0 Å². The van der Waals surface area contributed by atoms with Crippen molar-refractivity contribution in [2.45, 2.75) is 30.5 Å². The lowest BCUT2D eigenvalue weighted by Crippen LogP contribution is -2.55. The van der Waals surface area contributed by atoms with Gasteiger partial charge in [0, 0.05) is 0 Å². The van der Waals surface area contributed by atoms with Crippen LogP contribution in [0.25, 0.3) is 22.1 Å². The number of rotatable bonds is 4. The molecule has 5 atom stereocenters. The SMILES string of the molecule is COc1ccc(-c2coc3c(C4OC(CO)C(O)C(O)C4O)c(O)ccc3c2=O)cc1. The summed E-state index contributed by atoms with van der Waals surface area (Å²) in [5.74, 6) is 0.293. The molecule has 1 saturated heterocycles. The molecule has 2 heterocycles. The molecule has 0 saturated carbocycles. The highest BCUT2D eigenvalue weighted by Crippen LogP contribution is 2.40. The summed E-state index contributed by atoms with van der Waals surface area (Å²) in [7, 11) is 1.53. The molecule has 5 unspecified atom stereocenters. The highest BCUT2D eigenvalue weighted by molar-refractivity contribution is 5.86. The van der Waals surface area contributed by atoms with Gasteiger partial charge in [-0.15, -0.1) is 0 Å². The van der Waals surface area contributed by atoms with Crippen LogP contribution < -0.4 is 10.2 Å². The molecular weight excluding hydrogens is 408 g/mol. The Kier molecular flexibility index (Phi) is 5.69. The van der Waals surface area contributed by atoms with Crippen molar-refractivity contribution < 1.29 is 39.4 Å². The average Bonchev–Trinajstić information content (AvgIpc) is 2.79. The summed E-state index contributed by atoms with van der Waals surface area (Å²) in [5, 5.41) is 50.6. The second kappa shape index (κ2) is 8.29.